The van der Waals surface area contributed by atoms with Crippen molar-refractivity contribution in [3.63, 3.8) is 0 Å². The van der Waals surface area contributed by atoms with Crippen LogP contribution in [0.4, 0.5) is 16.2 Å². The molecule has 0 aliphatic carbocycles. The van der Waals surface area contributed by atoms with Crippen LogP contribution in [-0.4, -0.2) is 50.2 Å². The molecule has 0 radical (unpaired) electrons. The third kappa shape index (κ3) is 6.22. The average Bonchev–Trinajstić information content (AvgIpc) is 2.89. The molecular weight excluding hydrogens is 501 g/mol. The second-order valence-corrected chi connectivity index (χ2v) is 9.25. The standard InChI is InChI=1S/C27H27Cl2N3O4/c1-18-3-12-23(28)26(25(18)29)36-27(34)32-15-13-31(14-16-32)21-8-6-20(7-9-21)30-24(33)17-19-4-10-22(35-2)11-5-19/h3-12H,13-17H2,1-2H3,(H,30,33). The van der Waals surface area contributed by atoms with E-state index in [4.69, 9.17) is 32.7 Å². The first-order chi connectivity index (χ1) is 17.3. The molecule has 1 fully saturated rings. The molecule has 0 spiro atoms. The van der Waals surface area contributed by atoms with Crippen LogP contribution < -0.4 is 19.7 Å². The van der Waals surface area contributed by atoms with E-state index in [1.165, 1.54) is 0 Å². The van der Waals surface area contributed by atoms with Crippen molar-refractivity contribution in [2.45, 2.75) is 13.3 Å². The van der Waals surface area contributed by atoms with Crippen molar-refractivity contribution in [1.82, 2.24) is 4.90 Å². The zero-order valence-electron chi connectivity index (χ0n) is 20.1. The molecule has 3 aromatic carbocycles. The summed E-state index contributed by atoms with van der Waals surface area (Å²) in [5, 5.41) is 3.57. The van der Waals surface area contributed by atoms with Gasteiger partial charge in [0.2, 0.25) is 5.91 Å². The molecule has 1 heterocycles. The number of methoxy groups -OCH3 is 1. The fourth-order valence-electron chi connectivity index (χ4n) is 3.91. The normalized spacial score (nSPS) is 13.3. The van der Waals surface area contributed by atoms with E-state index in [0.717, 1.165) is 28.3 Å². The quantitative estimate of drug-likeness (QED) is 0.437. The van der Waals surface area contributed by atoms with Crippen molar-refractivity contribution in [1.29, 1.82) is 0 Å². The predicted molar refractivity (Wildman–Crippen MR) is 143 cm³/mol. The molecule has 1 N–H and O–H groups in total. The number of hydrogen-bond acceptors (Lipinski definition) is 5. The van der Waals surface area contributed by atoms with E-state index in [9.17, 15) is 9.59 Å². The molecule has 3 aromatic rings. The van der Waals surface area contributed by atoms with Crippen LogP contribution in [0.5, 0.6) is 11.5 Å². The number of aryl methyl sites for hydroxylation is 1. The first-order valence-electron chi connectivity index (χ1n) is 11.5. The smallest absolute Gasteiger partial charge is 0.415 e. The van der Waals surface area contributed by atoms with Gasteiger partial charge in [0.1, 0.15) is 5.75 Å². The maximum absolute atomic E-state index is 12.7. The van der Waals surface area contributed by atoms with Gasteiger partial charge in [-0.05, 0) is 60.5 Å². The highest BCUT2D eigenvalue weighted by atomic mass is 35.5. The van der Waals surface area contributed by atoms with Crippen molar-refractivity contribution in [3.05, 3.63) is 81.8 Å². The van der Waals surface area contributed by atoms with Crippen LogP contribution in [0.2, 0.25) is 10.0 Å². The monoisotopic (exact) mass is 527 g/mol. The lowest BCUT2D eigenvalue weighted by Crippen LogP contribution is -2.49. The Morgan fingerprint density at radius 2 is 1.58 bits per heavy atom. The largest absolute Gasteiger partial charge is 0.497 e. The van der Waals surface area contributed by atoms with Gasteiger partial charge in [-0.25, -0.2) is 4.79 Å². The lowest BCUT2D eigenvalue weighted by molar-refractivity contribution is -0.115. The number of nitrogens with zero attached hydrogens (tertiary/aromatic N) is 2. The van der Waals surface area contributed by atoms with Gasteiger partial charge in [0, 0.05) is 37.6 Å². The van der Waals surface area contributed by atoms with Crippen LogP contribution in [0.3, 0.4) is 0 Å². The van der Waals surface area contributed by atoms with Crippen LogP contribution in [-0.2, 0) is 11.2 Å². The van der Waals surface area contributed by atoms with Crippen LogP contribution >= 0.6 is 23.2 Å². The second-order valence-electron chi connectivity index (χ2n) is 8.47. The minimum absolute atomic E-state index is 0.0890. The molecule has 1 aliphatic heterocycles. The van der Waals surface area contributed by atoms with Crippen molar-refractivity contribution < 1.29 is 19.1 Å². The summed E-state index contributed by atoms with van der Waals surface area (Å²) in [6, 6.07) is 18.5. The van der Waals surface area contributed by atoms with E-state index in [1.807, 2.05) is 55.5 Å². The molecule has 36 heavy (non-hydrogen) atoms. The van der Waals surface area contributed by atoms with Crippen LogP contribution in [0.25, 0.3) is 0 Å². The van der Waals surface area contributed by atoms with Crippen LogP contribution in [0.1, 0.15) is 11.1 Å². The molecule has 0 atom stereocenters. The number of nitrogens with one attached hydrogen (secondary N) is 1. The lowest BCUT2D eigenvalue weighted by atomic mass is 10.1. The van der Waals surface area contributed by atoms with Gasteiger partial charge in [0.15, 0.2) is 5.75 Å². The summed E-state index contributed by atoms with van der Waals surface area (Å²) in [5.74, 6) is 0.858. The molecule has 2 amide bonds. The summed E-state index contributed by atoms with van der Waals surface area (Å²) in [4.78, 5) is 28.9. The molecule has 1 aliphatic rings. The van der Waals surface area contributed by atoms with Gasteiger partial charge in [0.25, 0.3) is 0 Å². The predicted octanol–water partition coefficient (Wildman–Crippen LogP) is 5.81. The fourth-order valence-corrected chi connectivity index (χ4v) is 4.36. The number of halogens is 2. The molecule has 0 aromatic heterocycles. The Labute approximate surface area is 220 Å². The van der Waals surface area contributed by atoms with Gasteiger partial charge in [-0.1, -0.05) is 41.4 Å². The number of amides is 2. The van der Waals surface area contributed by atoms with E-state index in [0.29, 0.717) is 36.2 Å². The molecule has 0 saturated carbocycles. The molecule has 188 valence electrons. The summed E-state index contributed by atoms with van der Waals surface area (Å²) < 4.78 is 10.6. The molecule has 1 saturated heterocycles. The van der Waals surface area contributed by atoms with Crippen molar-refractivity contribution in [2.75, 3.05) is 43.5 Å². The van der Waals surface area contributed by atoms with Gasteiger partial charge in [-0.2, -0.15) is 0 Å². The first-order valence-corrected chi connectivity index (χ1v) is 12.3. The number of carbonyl (C=O) groups is 2. The maximum atomic E-state index is 12.7. The Bertz CT molecular complexity index is 1230. The van der Waals surface area contributed by atoms with E-state index < -0.39 is 6.09 Å². The Hall–Kier alpha value is -3.42. The molecular formula is C27H27Cl2N3O4. The number of anilines is 2. The van der Waals surface area contributed by atoms with E-state index in [1.54, 1.807) is 24.1 Å². The highest BCUT2D eigenvalue weighted by molar-refractivity contribution is 6.37. The van der Waals surface area contributed by atoms with Gasteiger partial charge in [-0.3, -0.25) is 4.79 Å². The van der Waals surface area contributed by atoms with E-state index in [2.05, 4.69) is 10.2 Å². The van der Waals surface area contributed by atoms with E-state index >= 15 is 0 Å². The Morgan fingerprint density at radius 1 is 0.917 bits per heavy atom. The SMILES string of the molecule is COc1ccc(CC(=O)Nc2ccc(N3CCN(C(=O)Oc4c(Cl)ccc(C)c4Cl)CC3)cc2)cc1. The molecule has 9 heteroatoms. The zero-order valence-corrected chi connectivity index (χ0v) is 21.6. The highest BCUT2D eigenvalue weighted by Crippen LogP contribution is 2.35. The Balaban J connectivity index is 1.27. The van der Waals surface area contributed by atoms with Gasteiger partial charge < -0.3 is 24.6 Å². The van der Waals surface area contributed by atoms with Gasteiger partial charge in [-0.15, -0.1) is 0 Å². The fraction of sp³-hybridized carbons (Fsp3) is 0.259. The summed E-state index contributed by atoms with van der Waals surface area (Å²) in [6.45, 7) is 4.12. The molecule has 4 rings (SSSR count). The van der Waals surface area contributed by atoms with Crippen molar-refractivity contribution in [2.24, 2.45) is 0 Å². The summed E-state index contributed by atoms with van der Waals surface area (Å²) in [7, 11) is 1.61. The first kappa shape index (κ1) is 25.7. The summed E-state index contributed by atoms with van der Waals surface area (Å²) >= 11 is 12.4. The second kappa shape index (κ2) is 11.5. The Morgan fingerprint density at radius 3 is 2.22 bits per heavy atom. The van der Waals surface area contributed by atoms with E-state index in [-0.39, 0.29) is 18.1 Å². The molecule has 0 bridgehead atoms. The summed E-state index contributed by atoms with van der Waals surface area (Å²) in [6.07, 6.45) is -0.193. The van der Waals surface area contributed by atoms with Crippen LogP contribution in [0.15, 0.2) is 60.7 Å². The topological polar surface area (TPSA) is 71.1 Å². The number of hydrogen-bond donors (Lipinski definition) is 1. The summed E-state index contributed by atoms with van der Waals surface area (Å²) in [5.41, 5.74) is 3.44. The highest BCUT2D eigenvalue weighted by Gasteiger charge is 2.24. The van der Waals surface area contributed by atoms with Crippen molar-refractivity contribution in [3.8, 4) is 11.5 Å². The number of ether oxygens (including phenoxy) is 2. The maximum Gasteiger partial charge on any atom is 0.415 e. The molecule has 0 unspecified atom stereocenters. The van der Waals surface area contributed by atoms with Gasteiger partial charge in [0.05, 0.1) is 23.6 Å². The number of carbonyl (C=O) groups excluding carboxylic acids is 2. The zero-order chi connectivity index (χ0) is 25.7. The lowest BCUT2D eigenvalue weighted by Gasteiger charge is -2.35. The third-order valence-corrected chi connectivity index (χ3v) is 6.78. The molecule has 7 nitrogen and oxygen atoms in total. The number of rotatable bonds is 6. The van der Waals surface area contributed by atoms with Crippen LogP contribution in [0, 0.1) is 6.92 Å². The number of piperazine rings is 1. The van der Waals surface area contributed by atoms with Crippen molar-refractivity contribution >= 4 is 46.6 Å². The minimum atomic E-state index is -0.473. The van der Waals surface area contributed by atoms with Gasteiger partial charge >= 0.3 is 6.09 Å². The minimum Gasteiger partial charge on any atom is -0.497 e. The third-order valence-electron chi connectivity index (χ3n) is 6.01. The Kier molecular flexibility index (Phi) is 8.23. The average molecular weight is 528 g/mol. The number of benzene rings is 3.